The molecule has 0 aliphatic heterocycles. The van der Waals surface area contributed by atoms with Crippen LogP contribution in [0.25, 0.3) is 0 Å². The van der Waals surface area contributed by atoms with Gasteiger partial charge in [0, 0.05) is 12.7 Å². The molecule has 0 saturated heterocycles. The Balaban J connectivity index is 1.91. The van der Waals surface area contributed by atoms with Gasteiger partial charge in [-0.05, 0) is 32.6 Å². The molecule has 0 aromatic carbocycles. The summed E-state index contributed by atoms with van der Waals surface area (Å²) >= 11 is 0. The summed E-state index contributed by atoms with van der Waals surface area (Å²) in [7, 11) is 0. The molecule has 0 bridgehead atoms. The second-order valence-corrected chi connectivity index (χ2v) is 4.25. The van der Waals surface area contributed by atoms with Crippen LogP contribution in [0, 0.1) is 0 Å². The van der Waals surface area contributed by atoms with Crippen molar-refractivity contribution >= 4 is 5.97 Å². The third-order valence-electron chi connectivity index (χ3n) is 3.02. The number of hydrogen-bond donors (Lipinski definition) is 0. The lowest BCUT2D eigenvalue weighted by Gasteiger charge is -2.21. The fourth-order valence-electron chi connectivity index (χ4n) is 2.04. The molecule has 1 aromatic rings. The lowest BCUT2D eigenvalue weighted by atomic mass is 9.98. The monoisotopic (exact) mass is 222 g/mol. The van der Waals surface area contributed by atoms with E-state index in [0.29, 0.717) is 5.56 Å². The lowest BCUT2D eigenvalue weighted by molar-refractivity contribution is 0.0211. The summed E-state index contributed by atoms with van der Waals surface area (Å²) in [4.78, 5) is 11.8. The Hall–Kier alpha value is -1.32. The van der Waals surface area contributed by atoms with E-state index in [-0.39, 0.29) is 12.1 Å². The molecule has 1 heterocycles. The number of aryl methyl sites for hydroxylation is 1. The van der Waals surface area contributed by atoms with Gasteiger partial charge in [0.05, 0.1) is 11.8 Å². The number of esters is 1. The Labute approximate surface area is 95.6 Å². The maximum absolute atomic E-state index is 11.8. The number of carbonyl (C=O) groups excluding carboxylic acids is 1. The van der Waals surface area contributed by atoms with E-state index < -0.39 is 0 Å². The second kappa shape index (κ2) is 5.14. The van der Waals surface area contributed by atoms with Crippen LogP contribution in [-0.2, 0) is 11.3 Å². The first-order valence-corrected chi connectivity index (χ1v) is 6.03. The second-order valence-electron chi connectivity index (χ2n) is 4.25. The Morgan fingerprint density at radius 1 is 1.50 bits per heavy atom. The molecule has 1 fully saturated rings. The number of ether oxygens (including phenoxy) is 1. The SMILES string of the molecule is CCn1cc(C(=O)OC2CCCCC2)cn1. The molecular weight excluding hydrogens is 204 g/mol. The molecule has 0 atom stereocenters. The van der Waals surface area contributed by atoms with Gasteiger partial charge in [-0.2, -0.15) is 5.10 Å². The average molecular weight is 222 g/mol. The standard InChI is InChI=1S/C12H18N2O2/c1-2-14-9-10(8-13-14)12(15)16-11-6-4-3-5-7-11/h8-9,11H,2-7H2,1H3. The normalized spacial score (nSPS) is 17.3. The van der Waals surface area contributed by atoms with Crippen LogP contribution in [-0.4, -0.2) is 21.9 Å². The van der Waals surface area contributed by atoms with E-state index in [1.54, 1.807) is 17.1 Å². The number of nitrogens with zero attached hydrogens (tertiary/aromatic N) is 2. The van der Waals surface area contributed by atoms with Gasteiger partial charge in [0.15, 0.2) is 0 Å². The maximum Gasteiger partial charge on any atom is 0.341 e. The molecule has 4 nitrogen and oxygen atoms in total. The minimum atomic E-state index is -0.230. The van der Waals surface area contributed by atoms with Gasteiger partial charge >= 0.3 is 5.97 Å². The third-order valence-corrected chi connectivity index (χ3v) is 3.02. The molecule has 0 unspecified atom stereocenters. The van der Waals surface area contributed by atoms with Crippen molar-refractivity contribution in [3.05, 3.63) is 18.0 Å². The van der Waals surface area contributed by atoms with Crippen molar-refractivity contribution < 1.29 is 9.53 Å². The molecule has 1 saturated carbocycles. The van der Waals surface area contributed by atoms with Crippen molar-refractivity contribution in [1.29, 1.82) is 0 Å². The predicted molar refractivity (Wildman–Crippen MR) is 60.2 cm³/mol. The smallest absolute Gasteiger partial charge is 0.341 e. The molecule has 0 amide bonds. The molecule has 4 heteroatoms. The summed E-state index contributed by atoms with van der Waals surface area (Å²) in [6, 6.07) is 0. The highest BCUT2D eigenvalue weighted by Crippen LogP contribution is 2.21. The van der Waals surface area contributed by atoms with Gasteiger partial charge in [0.25, 0.3) is 0 Å². The summed E-state index contributed by atoms with van der Waals surface area (Å²) < 4.78 is 7.18. The van der Waals surface area contributed by atoms with Crippen LogP contribution in [0.5, 0.6) is 0 Å². The van der Waals surface area contributed by atoms with Gasteiger partial charge in [-0.25, -0.2) is 4.79 Å². The third kappa shape index (κ3) is 2.62. The minimum absolute atomic E-state index is 0.117. The molecule has 1 aromatic heterocycles. The maximum atomic E-state index is 11.8. The Bertz CT molecular complexity index is 354. The van der Waals surface area contributed by atoms with E-state index >= 15 is 0 Å². The van der Waals surface area contributed by atoms with Gasteiger partial charge in [-0.1, -0.05) is 6.42 Å². The molecular formula is C12H18N2O2. The van der Waals surface area contributed by atoms with Gasteiger partial charge < -0.3 is 4.74 Å². The Morgan fingerprint density at radius 2 is 2.25 bits per heavy atom. The molecule has 0 radical (unpaired) electrons. The predicted octanol–water partition coefficient (Wildman–Crippen LogP) is 2.39. The first kappa shape index (κ1) is 11.2. The number of aromatic nitrogens is 2. The highest BCUT2D eigenvalue weighted by Gasteiger charge is 2.19. The number of carbonyl (C=O) groups is 1. The van der Waals surface area contributed by atoms with Crippen LogP contribution >= 0.6 is 0 Å². The van der Waals surface area contributed by atoms with E-state index in [2.05, 4.69) is 5.10 Å². The van der Waals surface area contributed by atoms with Gasteiger partial charge in [-0.3, -0.25) is 4.68 Å². The van der Waals surface area contributed by atoms with E-state index in [1.807, 2.05) is 6.92 Å². The fourth-order valence-corrected chi connectivity index (χ4v) is 2.04. The first-order chi connectivity index (χ1) is 7.79. The zero-order chi connectivity index (χ0) is 11.4. The van der Waals surface area contributed by atoms with Gasteiger partial charge in [-0.15, -0.1) is 0 Å². The van der Waals surface area contributed by atoms with Gasteiger partial charge in [0.2, 0.25) is 0 Å². The molecule has 1 aliphatic carbocycles. The number of rotatable bonds is 3. The zero-order valence-corrected chi connectivity index (χ0v) is 9.69. The number of hydrogen-bond acceptors (Lipinski definition) is 3. The van der Waals surface area contributed by atoms with E-state index in [9.17, 15) is 4.79 Å². The Kier molecular flexibility index (Phi) is 3.59. The van der Waals surface area contributed by atoms with Crippen LogP contribution in [0.2, 0.25) is 0 Å². The van der Waals surface area contributed by atoms with Crippen LogP contribution in [0.1, 0.15) is 49.4 Å². The van der Waals surface area contributed by atoms with E-state index in [1.165, 1.54) is 19.3 Å². The quantitative estimate of drug-likeness (QED) is 0.737. The van der Waals surface area contributed by atoms with E-state index in [4.69, 9.17) is 4.74 Å². The molecule has 88 valence electrons. The van der Waals surface area contributed by atoms with Crippen molar-refractivity contribution in [3.63, 3.8) is 0 Å². The first-order valence-electron chi connectivity index (χ1n) is 6.03. The highest BCUT2D eigenvalue weighted by molar-refractivity contribution is 5.88. The van der Waals surface area contributed by atoms with Crippen LogP contribution in [0.4, 0.5) is 0 Å². The van der Waals surface area contributed by atoms with Crippen LogP contribution in [0.3, 0.4) is 0 Å². The average Bonchev–Trinajstić information content (AvgIpc) is 2.79. The van der Waals surface area contributed by atoms with Gasteiger partial charge in [0.1, 0.15) is 6.10 Å². The molecule has 0 N–H and O–H groups in total. The van der Waals surface area contributed by atoms with Crippen LogP contribution in [0.15, 0.2) is 12.4 Å². The van der Waals surface area contributed by atoms with Crippen molar-refractivity contribution in [2.24, 2.45) is 0 Å². The molecule has 0 spiro atoms. The molecule has 1 aliphatic rings. The highest BCUT2D eigenvalue weighted by atomic mass is 16.5. The largest absolute Gasteiger partial charge is 0.459 e. The van der Waals surface area contributed by atoms with Crippen LogP contribution < -0.4 is 0 Å². The molecule has 2 rings (SSSR count). The van der Waals surface area contributed by atoms with Crippen molar-refractivity contribution in [1.82, 2.24) is 9.78 Å². The van der Waals surface area contributed by atoms with Crippen molar-refractivity contribution in [2.75, 3.05) is 0 Å². The minimum Gasteiger partial charge on any atom is -0.459 e. The molecule has 16 heavy (non-hydrogen) atoms. The summed E-state index contributed by atoms with van der Waals surface area (Å²) in [5.41, 5.74) is 0.562. The Morgan fingerprint density at radius 3 is 2.88 bits per heavy atom. The topological polar surface area (TPSA) is 44.1 Å². The zero-order valence-electron chi connectivity index (χ0n) is 9.69. The van der Waals surface area contributed by atoms with Crippen molar-refractivity contribution in [2.45, 2.75) is 51.7 Å². The fraction of sp³-hybridized carbons (Fsp3) is 0.667. The lowest BCUT2D eigenvalue weighted by Crippen LogP contribution is -2.20. The summed E-state index contributed by atoms with van der Waals surface area (Å²) in [5.74, 6) is -0.230. The summed E-state index contributed by atoms with van der Waals surface area (Å²) in [5, 5.41) is 4.06. The summed E-state index contributed by atoms with van der Waals surface area (Å²) in [6.45, 7) is 2.76. The summed E-state index contributed by atoms with van der Waals surface area (Å²) in [6.07, 6.45) is 9.06. The van der Waals surface area contributed by atoms with E-state index in [0.717, 1.165) is 19.4 Å². The van der Waals surface area contributed by atoms with Crippen molar-refractivity contribution in [3.8, 4) is 0 Å².